The van der Waals surface area contributed by atoms with Crippen molar-refractivity contribution in [1.82, 2.24) is 10.2 Å². The average Bonchev–Trinajstić information content (AvgIpc) is 2.72. The molecule has 1 aromatic rings. The van der Waals surface area contributed by atoms with E-state index in [0.29, 0.717) is 37.5 Å². The summed E-state index contributed by atoms with van der Waals surface area (Å²) in [6.45, 7) is 3.78. The molecule has 0 bridgehead atoms. The molecule has 1 aromatic carbocycles. The van der Waals surface area contributed by atoms with Crippen LogP contribution in [0, 0.1) is 5.92 Å². The summed E-state index contributed by atoms with van der Waals surface area (Å²) in [5, 5.41) is 2.49. The molecule has 10 heteroatoms. The molecule has 180 valence electrons. The van der Waals surface area contributed by atoms with Gasteiger partial charge in [0.25, 0.3) is 0 Å². The Bertz CT molecular complexity index is 751. The maximum absolute atomic E-state index is 12.9. The Morgan fingerprint density at radius 1 is 0.969 bits per heavy atom. The van der Waals surface area contributed by atoms with Gasteiger partial charge in [-0.2, -0.15) is 26.3 Å². The lowest BCUT2D eigenvalue weighted by atomic mass is 9.84. The third-order valence-corrected chi connectivity index (χ3v) is 6.34. The van der Waals surface area contributed by atoms with Gasteiger partial charge in [0.2, 0.25) is 5.91 Å². The van der Waals surface area contributed by atoms with E-state index < -0.39 is 30.2 Å². The fourth-order valence-corrected chi connectivity index (χ4v) is 4.53. The molecule has 1 saturated heterocycles. The van der Waals surface area contributed by atoms with Crippen molar-refractivity contribution in [3.63, 3.8) is 0 Å². The molecule has 1 saturated carbocycles. The number of benzene rings is 1. The molecule has 4 nitrogen and oxygen atoms in total. The van der Waals surface area contributed by atoms with E-state index in [2.05, 4.69) is 10.2 Å². The lowest BCUT2D eigenvalue weighted by Gasteiger charge is -2.37. The van der Waals surface area contributed by atoms with E-state index in [1.807, 2.05) is 4.90 Å². The largest absolute Gasteiger partial charge is 0.416 e. The Labute approximate surface area is 183 Å². The first-order valence-electron chi connectivity index (χ1n) is 11.0. The molecule has 2 aliphatic rings. The zero-order valence-electron chi connectivity index (χ0n) is 17.8. The highest BCUT2D eigenvalue weighted by atomic mass is 19.4. The van der Waals surface area contributed by atoms with Gasteiger partial charge in [-0.3, -0.25) is 9.69 Å². The van der Waals surface area contributed by atoms with Crippen LogP contribution >= 0.6 is 0 Å². The second kappa shape index (κ2) is 10.3. The van der Waals surface area contributed by atoms with Gasteiger partial charge >= 0.3 is 12.4 Å². The predicted octanol–water partition coefficient (Wildman–Crippen LogP) is 4.84. The van der Waals surface area contributed by atoms with E-state index in [9.17, 15) is 31.1 Å². The van der Waals surface area contributed by atoms with Crippen molar-refractivity contribution in [2.24, 2.45) is 5.92 Å². The summed E-state index contributed by atoms with van der Waals surface area (Å²) in [4.78, 5) is 15.7. The van der Waals surface area contributed by atoms with Crippen LogP contribution in [0.2, 0.25) is 0 Å². The number of hydrogen-bond acceptors (Lipinski definition) is 3. The second-order valence-corrected chi connectivity index (χ2v) is 8.74. The number of anilines is 1. The SMILES string of the molecule is O=C(CC(F)(F)F)N[C@H]1CC[C@H](CCN2CCN(c3cccc(C(F)(F)F)c3)CC2)CC1. The molecule has 0 atom stereocenters. The Kier molecular flexibility index (Phi) is 7.95. The van der Waals surface area contributed by atoms with Crippen LogP contribution in [0.25, 0.3) is 0 Å². The molecule has 0 radical (unpaired) electrons. The number of amides is 1. The number of nitrogens with one attached hydrogen (secondary N) is 1. The number of rotatable bonds is 6. The van der Waals surface area contributed by atoms with Crippen LogP contribution in [-0.2, 0) is 11.0 Å². The van der Waals surface area contributed by atoms with E-state index in [1.165, 1.54) is 12.1 Å². The van der Waals surface area contributed by atoms with Crippen molar-refractivity contribution < 1.29 is 31.1 Å². The Morgan fingerprint density at radius 2 is 1.62 bits per heavy atom. The van der Waals surface area contributed by atoms with Gasteiger partial charge in [0.05, 0.1) is 5.56 Å². The van der Waals surface area contributed by atoms with E-state index >= 15 is 0 Å². The third-order valence-electron chi connectivity index (χ3n) is 6.34. The second-order valence-electron chi connectivity index (χ2n) is 8.74. The van der Waals surface area contributed by atoms with Crippen LogP contribution in [0.3, 0.4) is 0 Å². The molecule has 3 rings (SSSR count). The molecule has 1 aliphatic carbocycles. The first kappa shape index (κ1) is 24.7. The van der Waals surface area contributed by atoms with Crippen molar-refractivity contribution in [1.29, 1.82) is 0 Å². The van der Waals surface area contributed by atoms with E-state index in [1.54, 1.807) is 6.07 Å². The van der Waals surface area contributed by atoms with Crippen molar-refractivity contribution in [2.45, 2.75) is 56.9 Å². The van der Waals surface area contributed by atoms with Crippen molar-refractivity contribution in [3.05, 3.63) is 29.8 Å². The summed E-state index contributed by atoms with van der Waals surface area (Å²) in [5.41, 5.74) is -0.0482. The maximum Gasteiger partial charge on any atom is 0.416 e. The van der Waals surface area contributed by atoms with E-state index in [0.717, 1.165) is 45.0 Å². The molecule has 1 heterocycles. The number of alkyl halides is 6. The Balaban J connectivity index is 1.35. The quantitative estimate of drug-likeness (QED) is 0.611. The lowest BCUT2D eigenvalue weighted by molar-refractivity contribution is -0.154. The van der Waals surface area contributed by atoms with Gasteiger partial charge in [-0.15, -0.1) is 0 Å². The van der Waals surface area contributed by atoms with E-state index in [-0.39, 0.29) is 6.04 Å². The molecule has 0 unspecified atom stereocenters. The molecule has 1 amide bonds. The van der Waals surface area contributed by atoms with Crippen LogP contribution in [0.15, 0.2) is 24.3 Å². The minimum absolute atomic E-state index is 0.183. The zero-order valence-corrected chi connectivity index (χ0v) is 17.8. The molecule has 32 heavy (non-hydrogen) atoms. The highest BCUT2D eigenvalue weighted by molar-refractivity contribution is 5.76. The minimum Gasteiger partial charge on any atom is -0.369 e. The molecule has 0 spiro atoms. The van der Waals surface area contributed by atoms with Gasteiger partial charge < -0.3 is 10.2 Å². The van der Waals surface area contributed by atoms with Gasteiger partial charge in [-0.05, 0) is 62.8 Å². The highest BCUT2D eigenvalue weighted by Gasteiger charge is 2.33. The summed E-state index contributed by atoms with van der Waals surface area (Å²) in [5.74, 6) is -0.480. The standard InChI is InChI=1S/C22H29F6N3O/c23-21(24,25)15-20(32)29-18-6-4-16(5-7-18)8-9-30-10-12-31(13-11-30)19-3-1-2-17(14-19)22(26,27)28/h1-3,14,16,18H,4-13,15H2,(H,29,32)/t16-,18-. The topological polar surface area (TPSA) is 35.6 Å². The van der Waals surface area contributed by atoms with Crippen molar-refractivity contribution >= 4 is 11.6 Å². The van der Waals surface area contributed by atoms with Crippen LogP contribution in [0.4, 0.5) is 32.0 Å². The van der Waals surface area contributed by atoms with E-state index in [4.69, 9.17) is 0 Å². The average molecular weight is 465 g/mol. The highest BCUT2D eigenvalue weighted by Crippen LogP contribution is 2.32. The summed E-state index contributed by atoms with van der Waals surface area (Å²) < 4.78 is 75.6. The Hall–Kier alpha value is -1.97. The molecule has 2 fully saturated rings. The Morgan fingerprint density at radius 3 is 2.22 bits per heavy atom. The van der Waals surface area contributed by atoms with Gasteiger partial charge in [0.1, 0.15) is 6.42 Å². The van der Waals surface area contributed by atoms with Crippen molar-refractivity contribution in [2.75, 3.05) is 37.6 Å². The number of carbonyl (C=O) groups excluding carboxylic acids is 1. The van der Waals surface area contributed by atoms with Crippen LogP contribution in [0.1, 0.15) is 44.1 Å². The summed E-state index contributed by atoms with van der Waals surface area (Å²) >= 11 is 0. The number of nitrogens with zero attached hydrogens (tertiary/aromatic N) is 2. The smallest absolute Gasteiger partial charge is 0.369 e. The fraction of sp³-hybridized carbons (Fsp3) is 0.682. The summed E-state index contributed by atoms with van der Waals surface area (Å²) in [7, 11) is 0. The number of carbonyl (C=O) groups is 1. The number of piperazine rings is 1. The fourth-order valence-electron chi connectivity index (χ4n) is 4.53. The summed E-state index contributed by atoms with van der Waals surface area (Å²) in [6.07, 6.45) is -6.14. The maximum atomic E-state index is 12.9. The normalized spacial score (nSPS) is 23.2. The molecular formula is C22H29F6N3O. The third kappa shape index (κ3) is 7.56. The molecule has 1 aliphatic heterocycles. The lowest BCUT2D eigenvalue weighted by Crippen LogP contribution is -2.47. The van der Waals surface area contributed by atoms with Crippen LogP contribution in [-0.4, -0.2) is 55.7 Å². The molecule has 0 aromatic heterocycles. The minimum atomic E-state index is -4.48. The summed E-state index contributed by atoms with van der Waals surface area (Å²) in [6, 6.07) is 5.23. The van der Waals surface area contributed by atoms with Gasteiger partial charge in [-0.25, -0.2) is 0 Å². The molecular weight excluding hydrogens is 436 g/mol. The van der Waals surface area contributed by atoms with Crippen LogP contribution < -0.4 is 10.2 Å². The zero-order chi connectivity index (χ0) is 23.4. The molecule has 1 N–H and O–H groups in total. The number of halogens is 6. The van der Waals surface area contributed by atoms with Gasteiger partial charge in [0, 0.05) is 37.9 Å². The monoisotopic (exact) mass is 465 g/mol. The predicted molar refractivity (Wildman–Crippen MR) is 109 cm³/mol. The van der Waals surface area contributed by atoms with Gasteiger partial charge in [-0.1, -0.05) is 6.07 Å². The van der Waals surface area contributed by atoms with Gasteiger partial charge in [0.15, 0.2) is 0 Å². The van der Waals surface area contributed by atoms with Crippen LogP contribution in [0.5, 0.6) is 0 Å². The van der Waals surface area contributed by atoms with Crippen molar-refractivity contribution in [3.8, 4) is 0 Å². The first-order valence-corrected chi connectivity index (χ1v) is 11.0. The number of hydrogen-bond donors (Lipinski definition) is 1. The first-order chi connectivity index (χ1) is 15.0.